The first-order valence-electron chi connectivity index (χ1n) is 13.0. The average Bonchev–Trinajstić information content (AvgIpc) is 3.22. The molecule has 0 aliphatic carbocycles. The number of fused-ring (bicyclic) bond motifs is 1. The molecule has 2 rings (SSSR count). The van der Waals surface area contributed by atoms with Crippen molar-refractivity contribution in [1.82, 2.24) is 29.7 Å². The van der Waals surface area contributed by atoms with E-state index in [4.69, 9.17) is 19.9 Å². The molecular formula is C25H44N7O6P. The molecule has 14 heteroatoms. The van der Waals surface area contributed by atoms with Gasteiger partial charge in [0.1, 0.15) is 29.3 Å². The lowest BCUT2D eigenvalue weighted by molar-refractivity contribution is -0.150. The van der Waals surface area contributed by atoms with Crippen LogP contribution in [0.15, 0.2) is 12.7 Å². The maximum atomic E-state index is 14.3. The first kappa shape index (κ1) is 32.6. The molecule has 4 N–H and O–H groups in total. The van der Waals surface area contributed by atoms with Crippen LogP contribution in [0.2, 0.25) is 0 Å². The third-order valence-corrected chi connectivity index (χ3v) is 7.81. The number of imidazole rings is 1. The predicted molar refractivity (Wildman–Crippen MR) is 149 cm³/mol. The van der Waals surface area contributed by atoms with Crippen molar-refractivity contribution in [3.63, 3.8) is 0 Å². The Kier molecular flexibility index (Phi) is 11.0. The van der Waals surface area contributed by atoms with E-state index in [0.29, 0.717) is 17.7 Å². The standard InChI is InChI=1S/C25H44N7O6P/c1-16(2)11-36-22(33)24(6,7)30-39(35,31-25(8,9)23(34)37-12-17(3)4)15-38-18(5)10-32-14-29-19-20(26)27-13-28-21(19)32/h13-14,16-18H,10-12,15H2,1-9H3,(H2,26,27,28)(H2,30,31,35)/t18-/m1/s1. The van der Waals surface area contributed by atoms with Crippen LogP contribution in [-0.4, -0.2) is 68.2 Å². The first-order valence-corrected chi connectivity index (χ1v) is 14.9. The maximum Gasteiger partial charge on any atom is 0.326 e. The van der Waals surface area contributed by atoms with Gasteiger partial charge in [0.05, 0.1) is 32.2 Å². The lowest BCUT2D eigenvalue weighted by Crippen LogP contribution is -2.54. The van der Waals surface area contributed by atoms with Gasteiger partial charge in [-0.25, -0.2) is 25.1 Å². The van der Waals surface area contributed by atoms with Crippen molar-refractivity contribution in [2.75, 3.05) is 25.3 Å². The number of nitrogen functional groups attached to an aromatic ring is 1. The van der Waals surface area contributed by atoms with Crippen molar-refractivity contribution in [3.8, 4) is 0 Å². The molecule has 2 aromatic rings. The van der Waals surface area contributed by atoms with E-state index in [1.165, 1.54) is 6.33 Å². The molecule has 0 fully saturated rings. The molecule has 13 nitrogen and oxygen atoms in total. The molecule has 0 aliphatic heterocycles. The number of hydrogen-bond acceptors (Lipinski definition) is 10. The van der Waals surface area contributed by atoms with E-state index < -0.39 is 36.6 Å². The summed E-state index contributed by atoms with van der Waals surface area (Å²) in [6, 6.07) is 0. The number of anilines is 1. The highest BCUT2D eigenvalue weighted by Gasteiger charge is 2.43. The number of carbonyl (C=O) groups excluding carboxylic acids is 2. The molecule has 0 saturated heterocycles. The minimum atomic E-state index is -3.76. The van der Waals surface area contributed by atoms with E-state index >= 15 is 0 Å². The Bertz CT molecular complexity index is 1140. The van der Waals surface area contributed by atoms with E-state index in [2.05, 4.69) is 25.1 Å². The molecule has 39 heavy (non-hydrogen) atoms. The normalized spacial score (nSPS) is 13.7. The molecule has 0 unspecified atom stereocenters. The number of ether oxygens (including phenoxy) is 3. The van der Waals surface area contributed by atoms with Crippen molar-refractivity contribution in [2.45, 2.75) is 86.0 Å². The van der Waals surface area contributed by atoms with Gasteiger partial charge < -0.3 is 24.5 Å². The molecule has 0 saturated carbocycles. The summed E-state index contributed by atoms with van der Waals surface area (Å²) in [5.41, 5.74) is 4.19. The molecule has 1 atom stereocenters. The lowest BCUT2D eigenvalue weighted by Gasteiger charge is -2.35. The van der Waals surface area contributed by atoms with Crippen LogP contribution in [0.3, 0.4) is 0 Å². The van der Waals surface area contributed by atoms with Crippen LogP contribution in [0.5, 0.6) is 0 Å². The number of esters is 2. The molecule has 0 radical (unpaired) electrons. The largest absolute Gasteiger partial charge is 0.464 e. The smallest absolute Gasteiger partial charge is 0.326 e. The van der Waals surface area contributed by atoms with E-state index in [9.17, 15) is 14.2 Å². The number of aromatic nitrogens is 4. The van der Waals surface area contributed by atoms with Crippen molar-refractivity contribution >= 4 is 36.4 Å². The fraction of sp³-hybridized carbons (Fsp3) is 0.720. The van der Waals surface area contributed by atoms with Crippen molar-refractivity contribution < 1.29 is 28.4 Å². The number of carbonyl (C=O) groups is 2. The third-order valence-electron chi connectivity index (χ3n) is 5.46. The molecule has 2 aromatic heterocycles. The highest BCUT2D eigenvalue weighted by molar-refractivity contribution is 7.59. The summed E-state index contributed by atoms with van der Waals surface area (Å²) in [5.74, 6) is -0.618. The number of hydrogen-bond donors (Lipinski definition) is 3. The van der Waals surface area contributed by atoms with Crippen LogP contribution in [-0.2, 0) is 34.9 Å². The van der Waals surface area contributed by atoms with Crippen molar-refractivity contribution in [3.05, 3.63) is 12.7 Å². The van der Waals surface area contributed by atoms with Crippen LogP contribution in [0.25, 0.3) is 11.2 Å². The summed E-state index contributed by atoms with van der Waals surface area (Å²) in [7, 11) is -3.76. The van der Waals surface area contributed by atoms with Crippen LogP contribution in [0.1, 0.15) is 62.3 Å². The summed E-state index contributed by atoms with van der Waals surface area (Å²) >= 11 is 0. The predicted octanol–water partition coefficient (Wildman–Crippen LogP) is 3.10. The van der Waals surface area contributed by atoms with Gasteiger partial charge in [-0.1, -0.05) is 27.7 Å². The zero-order valence-corrected chi connectivity index (χ0v) is 25.4. The van der Waals surface area contributed by atoms with E-state index in [0.717, 1.165) is 0 Å². The summed E-state index contributed by atoms with van der Waals surface area (Å²) in [6.45, 7) is 16.5. The van der Waals surface area contributed by atoms with Gasteiger partial charge >= 0.3 is 11.9 Å². The Labute approximate surface area is 230 Å². The summed E-state index contributed by atoms with van der Waals surface area (Å²) in [6.07, 6.45) is 2.14. The second-order valence-electron chi connectivity index (χ2n) is 11.6. The summed E-state index contributed by atoms with van der Waals surface area (Å²) in [5, 5.41) is 5.80. The Morgan fingerprint density at radius 2 is 1.46 bits per heavy atom. The third kappa shape index (κ3) is 9.52. The van der Waals surface area contributed by atoms with Gasteiger partial charge in [-0.15, -0.1) is 0 Å². The first-order chi connectivity index (χ1) is 18.0. The molecule has 0 amide bonds. The van der Waals surface area contributed by atoms with E-state index in [-0.39, 0.29) is 37.2 Å². The van der Waals surface area contributed by atoms with Gasteiger partial charge in [-0.3, -0.25) is 14.2 Å². The van der Waals surface area contributed by atoms with Crippen molar-refractivity contribution in [1.29, 1.82) is 0 Å². The van der Waals surface area contributed by atoms with E-state index in [1.807, 2.05) is 27.7 Å². The molecule has 0 bridgehead atoms. The number of rotatable bonds is 15. The Morgan fingerprint density at radius 1 is 0.949 bits per heavy atom. The monoisotopic (exact) mass is 569 g/mol. The summed E-state index contributed by atoms with van der Waals surface area (Å²) in [4.78, 5) is 38.1. The molecule has 220 valence electrons. The van der Waals surface area contributed by atoms with Gasteiger partial charge in [0.2, 0.25) is 7.44 Å². The van der Waals surface area contributed by atoms with Crippen LogP contribution < -0.4 is 15.9 Å². The number of nitrogens with zero attached hydrogens (tertiary/aromatic N) is 4. The number of nitrogens with one attached hydrogen (secondary N) is 2. The molecular weight excluding hydrogens is 525 g/mol. The minimum Gasteiger partial charge on any atom is -0.464 e. The minimum absolute atomic E-state index is 0.133. The maximum absolute atomic E-state index is 14.3. The zero-order valence-electron chi connectivity index (χ0n) is 24.5. The Morgan fingerprint density at radius 3 is 1.95 bits per heavy atom. The Balaban J connectivity index is 2.22. The second kappa shape index (κ2) is 13.2. The van der Waals surface area contributed by atoms with E-state index in [1.54, 1.807) is 45.5 Å². The summed E-state index contributed by atoms with van der Waals surface area (Å²) < 4.78 is 32.8. The highest BCUT2D eigenvalue weighted by Crippen LogP contribution is 2.42. The van der Waals surface area contributed by atoms with Gasteiger partial charge in [0, 0.05) is 0 Å². The number of nitrogens with two attached hydrogens (primary N) is 1. The highest BCUT2D eigenvalue weighted by atomic mass is 31.2. The molecule has 0 aromatic carbocycles. The molecule has 2 heterocycles. The Hall–Kier alpha value is -2.60. The molecule has 0 aliphatic rings. The van der Waals surface area contributed by atoms with Crippen LogP contribution in [0, 0.1) is 11.8 Å². The SMILES string of the molecule is CC(C)COC(=O)C(C)(C)NP(=O)(CO[C@H](C)Cn1cnc2c(N)ncnc21)NC(C)(C)C(=O)OCC(C)C. The average molecular weight is 570 g/mol. The lowest BCUT2D eigenvalue weighted by atomic mass is 10.1. The quantitative estimate of drug-likeness (QED) is 0.212. The van der Waals surface area contributed by atoms with Gasteiger partial charge in [-0.05, 0) is 46.5 Å². The molecule has 0 spiro atoms. The van der Waals surface area contributed by atoms with Crippen LogP contribution >= 0.6 is 7.44 Å². The van der Waals surface area contributed by atoms with Crippen LogP contribution in [0.4, 0.5) is 5.82 Å². The fourth-order valence-electron chi connectivity index (χ4n) is 3.53. The second-order valence-corrected chi connectivity index (χ2v) is 13.8. The van der Waals surface area contributed by atoms with Crippen molar-refractivity contribution in [2.24, 2.45) is 11.8 Å². The van der Waals surface area contributed by atoms with Gasteiger partial charge in [0.15, 0.2) is 11.5 Å². The van der Waals surface area contributed by atoms with Gasteiger partial charge in [0.25, 0.3) is 0 Å². The fourth-order valence-corrected chi connectivity index (χ4v) is 6.16. The zero-order chi connectivity index (χ0) is 29.6. The van der Waals surface area contributed by atoms with Gasteiger partial charge in [-0.2, -0.15) is 0 Å². The topological polar surface area (TPSA) is 173 Å².